The summed E-state index contributed by atoms with van der Waals surface area (Å²) in [5.74, 6) is -0.361. The highest BCUT2D eigenvalue weighted by Gasteiger charge is 2.25. The van der Waals surface area contributed by atoms with Gasteiger partial charge in [0.05, 0.1) is 18.2 Å². The molecule has 0 saturated carbocycles. The molecule has 9 heteroatoms. The van der Waals surface area contributed by atoms with Crippen molar-refractivity contribution < 1.29 is 19.1 Å². The molecule has 174 valence electrons. The van der Waals surface area contributed by atoms with E-state index in [9.17, 15) is 14.4 Å². The lowest BCUT2D eigenvalue weighted by atomic mass is 10.0. The van der Waals surface area contributed by atoms with Crippen molar-refractivity contribution in [1.29, 1.82) is 0 Å². The largest absolute Gasteiger partial charge is 0.465 e. The standard InChI is InChI=1S/C25H25N5O4/c1-3-22(31)27-19-10-8-16(9-11-19)23(32)30-12-4-5-20(15-30)28-25-26-14-18-7-6-17(24(33)34-2)13-21(18)29-25/h3,6-11,13-14,20H,1,4-5,12,15H2,2H3,(H,27,31)(H,26,28,29)/t20-/m1/s1. The van der Waals surface area contributed by atoms with Crippen LogP contribution in [0.3, 0.4) is 0 Å². The van der Waals surface area contributed by atoms with Gasteiger partial charge in [0, 0.05) is 42.0 Å². The number of rotatable bonds is 6. The third-order valence-electron chi connectivity index (χ3n) is 5.63. The second-order valence-electron chi connectivity index (χ2n) is 7.96. The third kappa shape index (κ3) is 5.20. The Labute approximate surface area is 196 Å². The highest BCUT2D eigenvalue weighted by Crippen LogP contribution is 2.20. The molecular formula is C25H25N5O4. The molecular weight excluding hydrogens is 434 g/mol. The first-order valence-corrected chi connectivity index (χ1v) is 10.9. The number of amides is 2. The summed E-state index contributed by atoms with van der Waals surface area (Å²) in [4.78, 5) is 47.0. The van der Waals surface area contributed by atoms with Gasteiger partial charge in [0.15, 0.2) is 0 Å². The summed E-state index contributed by atoms with van der Waals surface area (Å²) in [7, 11) is 1.34. The van der Waals surface area contributed by atoms with E-state index in [1.807, 2.05) is 0 Å². The molecule has 1 aliphatic rings. The summed E-state index contributed by atoms with van der Waals surface area (Å²) in [5.41, 5.74) is 2.20. The summed E-state index contributed by atoms with van der Waals surface area (Å²) in [5, 5.41) is 6.80. The first kappa shape index (κ1) is 22.9. The molecule has 9 nitrogen and oxygen atoms in total. The van der Waals surface area contributed by atoms with Gasteiger partial charge in [-0.2, -0.15) is 0 Å². The van der Waals surface area contributed by atoms with Crippen LogP contribution in [0.4, 0.5) is 11.6 Å². The Morgan fingerprint density at radius 2 is 1.91 bits per heavy atom. The van der Waals surface area contributed by atoms with Crippen molar-refractivity contribution in [3.63, 3.8) is 0 Å². The number of anilines is 2. The highest BCUT2D eigenvalue weighted by molar-refractivity contribution is 6.00. The van der Waals surface area contributed by atoms with E-state index in [0.717, 1.165) is 18.2 Å². The fourth-order valence-electron chi connectivity index (χ4n) is 3.87. The Hall–Kier alpha value is -4.27. The molecule has 0 unspecified atom stereocenters. The average Bonchev–Trinajstić information content (AvgIpc) is 2.88. The summed E-state index contributed by atoms with van der Waals surface area (Å²) in [6, 6.07) is 11.9. The van der Waals surface area contributed by atoms with Gasteiger partial charge < -0.3 is 20.3 Å². The molecule has 1 atom stereocenters. The van der Waals surface area contributed by atoms with Gasteiger partial charge in [0.1, 0.15) is 0 Å². The topological polar surface area (TPSA) is 114 Å². The Kier molecular flexibility index (Phi) is 6.82. The number of hydrogen-bond acceptors (Lipinski definition) is 7. The summed E-state index contributed by atoms with van der Waals surface area (Å²) >= 11 is 0. The number of esters is 1. The number of nitrogens with one attached hydrogen (secondary N) is 2. The highest BCUT2D eigenvalue weighted by atomic mass is 16.5. The van der Waals surface area contributed by atoms with Gasteiger partial charge >= 0.3 is 5.97 Å². The minimum atomic E-state index is -0.424. The zero-order valence-electron chi connectivity index (χ0n) is 18.8. The Balaban J connectivity index is 1.43. The van der Waals surface area contributed by atoms with Crippen molar-refractivity contribution in [1.82, 2.24) is 14.9 Å². The van der Waals surface area contributed by atoms with Gasteiger partial charge in [-0.05, 0) is 55.3 Å². The molecule has 3 aromatic rings. The molecule has 2 N–H and O–H groups in total. The second-order valence-corrected chi connectivity index (χ2v) is 7.96. The van der Waals surface area contributed by atoms with Gasteiger partial charge in [0.2, 0.25) is 11.9 Å². The molecule has 1 saturated heterocycles. The fraction of sp³-hybridized carbons (Fsp3) is 0.240. The maximum atomic E-state index is 13.0. The molecule has 0 aliphatic carbocycles. The molecule has 2 aromatic carbocycles. The molecule has 2 amide bonds. The van der Waals surface area contributed by atoms with Crippen molar-refractivity contribution in [2.75, 3.05) is 30.8 Å². The third-order valence-corrected chi connectivity index (χ3v) is 5.63. The fourth-order valence-corrected chi connectivity index (χ4v) is 3.87. The predicted molar refractivity (Wildman–Crippen MR) is 129 cm³/mol. The van der Waals surface area contributed by atoms with Crippen molar-refractivity contribution in [3.05, 3.63) is 72.4 Å². The van der Waals surface area contributed by atoms with Gasteiger partial charge in [-0.1, -0.05) is 12.6 Å². The number of nitrogens with zero attached hydrogens (tertiary/aromatic N) is 3. The minimum Gasteiger partial charge on any atom is -0.465 e. The second kappa shape index (κ2) is 10.1. The number of likely N-dealkylation sites (tertiary alicyclic amines) is 1. The van der Waals surface area contributed by atoms with Crippen LogP contribution in [0.15, 0.2) is 61.3 Å². The van der Waals surface area contributed by atoms with E-state index in [-0.39, 0.29) is 17.9 Å². The molecule has 4 rings (SSSR count). The van der Waals surface area contributed by atoms with Gasteiger partial charge in [-0.3, -0.25) is 9.59 Å². The predicted octanol–water partition coefficient (Wildman–Crippen LogP) is 3.26. The van der Waals surface area contributed by atoms with Crippen LogP contribution in [-0.4, -0.2) is 58.9 Å². The number of ether oxygens (including phenoxy) is 1. The monoisotopic (exact) mass is 459 g/mol. The molecule has 0 bridgehead atoms. The number of fused-ring (bicyclic) bond motifs is 1. The van der Waals surface area contributed by atoms with E-state index >= 15 is 0 Å². The summed E-state index contributed by atoms with van der Waals surface area (Å²) < 4.78 is 4.78. The van der Waals surface area contributed by atoms with E-state index in [1.165, 1.54) is 13.2 Å². The first-order valence-electron chi connectivity index (χ1n) is 10.9. The van der Waals surface area contributed by atoms with E-state index in [0.29, 0.717) is 41.4 Å². The number of hydrogen-bond donors (Lipinski definition) is 2. The van der Waals surface area contributed by atoms with Gasteiger partial charge in [0.25, 0.3) is 5.91 Å². The molecule has 1 aliphatic heterocycles. The van der Waals surface area contributed by atoms with Crippen LogP contribution in [0.2, 0.25) is 0 Å². The van der Waals surface area contributed by atoms with E-state index < -0.39 is 5.97 Å². The van der Waals surface area contributed by atoms with E-state index in [1.54, 1.807) is 53.6 Å². The van der Waals surface area contributed by atoms with Crippen molar-refractivity contribution >= 4 is 40.3 Å². The Bertz CT molecular complexity index is 1240. The molecule has 0 spiro atoms. The van der Waals surface area contributed by atoms with Gasteiger partial charge in [-0.25, -0.2) is 14.8 Å². The zero-order valence-corrected chi connectivity index (χ0v) is 18.8. The van der Waals surface area contributed by atoms with E-state index in [2.05, 4.69) is 27.2 Å². The minimum absolute atomic E-state index is 0.00917. The summed E-state index contributed by atoms with van der Waals surface area (Å²) in [6.07, 6.45) is 4.61. The molecule has 1 aromatic heterocycles. The normalized spacial score (nSPS) is 15.4. The van der Waals surface area contributed by atoms with Crippen LogP contribution >= 0.6 is 0 Å². The molecule has 2 heterocycles. The number of methoxy groups -OCH3 is 1. The quantitative estimate of drug-likeness (QED) is 0.430. The summed E-state index contributed by atoms with van der Waals surface area (Å²) in [6.45, 7) is 4.59. The average molecular weight is 460 g/mol. The lowest BCUT2D eigenvalue weighted by Gasteiger charge is -2.33. The number of carbonyl (C=O) groups excluding carboxylic acids is 3. The number of carbonyl (C=O) groups is 3. The van der Waals surface area contributed by atoms with Crippen LogP contribution in [0.25, 0.3) is 10.9 Å². The van der Waals surface area contributed by atoms with Crippen LogP contribution in [-0.2, 0) is 9.53 Å². The molecule has 34 heavy (non-hydrogen) atoms. The van der Waals surface area contributed by atoms with Crippen molar-refractivity contribution in [3.8, 4) is 0 Å². The van der Waals surface area contributed by atoms with Gasteiger partial charge in [-0.15, -0.1) is 0 Å². The van der Waals surface area contributed by atoms with Crippen LogP contribution in [0, 0.1) is 0 Å². The van der Waals surface area contributed by atoms with E-state index in [4.69, 9.17) is 4.74 Å². The zero-order chi connectivity index (χ0) is 24.1. The smallest absolute Gasteiger partial charge is 0.337 e. The number of aromatic nitrogens is 2. The number of piperidine rings is 1. The maximum absolute atomic E-state index is 13.0. The molecule has 0 radical (unpaired) electrons. The van der Waals surface area contributed by atoms with Crippen LogP contribution in [0.5, 0.6) is 0 Å². The van der Waals surface area contributed by atoms with Crippen LogP contribution in [0.1, 0.15) is 33.6 Å². The lowest BCUT2D eigenvalue weighted by molar-refractivity contribution is -0.111. The molecule has 1 fully saturated rings. The van der Waals surface area contributed by atoms with Crippen molar-refractivity contribution in [2.45, 2.75) is 18.9 Å². The first-order chi connectivity index (χ1) is 16.5. The maximum Gasteiger partial charge on any atom is 0.337 e. The lowest BCUT2D eigenvalue weighted by Crippen LogP contribution is -2.45. The van der Waals surface area contributed by atoms with Crippen LogP contribution < -0.4 is 10.6 Å². The number of benzene rings is 2. The Morgan fingerprint density at radius 1 is 1.15 bits per heavy atom. The SMILES string of the molecule is C=CC(=O)Nc1ccc(C(=O)N2CCC[C@@H](Nc3ncc4ccc(C(=O)OC)cc4n3)C2)cc1. The van der Waals surface area contributed by atoms with Crippen molar-refractivity contribution in [2.24, 2.45) is 0 Å². The Morgan fingerprint density at radius 3 is 2.65 bits per heavy atom.